The van der Waals surface area contributed by atoms with Gasteiger partial charge in [-0.2, -0.15) is 0 Å². The van der Waals surface area contributed by atoms with Crippen molar-refractivity contribution in [2.24, 2.45) is 0 Å². The minimum absolute atomic E-state index is 0.188. The van der Waals surface area contributed by atoms with Gasteiger partial charge in [0.15, 0.2) is 9.84 Å². The lowest BCUT2D eigenvalue weighted by molar-refractivity contribution is 0.258. The van der Waals surface area contributed by atoms with E-state index in [0.29, 0.717) is 11.0 Å². The number of H-pyrrole nitrogens is 1. The lowest BCUT2D eigenvalue weighted by atomic mass is 10.2. The van der Waals surface area contributed by atoms with Crippen molar-refractivity contribution in [3.05, 3.63) is 24.5 Å². The second kappa shape index (κ2) is 3.82. The first-order valence-electron chi connectivity index (χ1n) is 5.17. The van der Waals surface area contributed by atoms with Gasteiger partial charge in [-0.15, -0.1) is 0 Å². The quantitative estimate of drug-likeness (QED) is 0.859. The van der Waals surface area contributed by atoms with Crippen LogP contribution in [0, 0.1) is 0 Å². The third-order valence-corrected chi connectivity index (χ3v) is 5.27. The molecule has 5 nitrogen and oxygen atoms in total. The summed E-state index contributed by atoms with van der Waals surface area (Å²) in [6, 6.07) is 4.69. The van der Waals surface area contributed by atoms with Crippen LogP contribution in [0.2, 0.25) is 0 Å². The smallest absolute Gasteiger partial charge is 0.185 e. The number of aromatic amines is 1. The largest absolute Gasteiger partial charge is 0.395 e. The van der Waals surface area contributed by atoms with Crippen LogP contribution in [0.15, 0.2) is 29.4 Å². The Balaban J connectivity index is 2.60. The SMILES string of the molecule is CC(C)(CO)S(=O)(=O)c1ccc2nc[nH]c2c1. The van der Waals surface area contributed by atoms with Crippen LogP contribution < -0.4 is 0 Å². The molecule has 2 N–H and O–H groups in total. The number of aliphatic hydroxyl groups excluding tert-OH is 1. The molecule has 0 spiro atoms. The van der Waals surface area contributed by atoms with E-state index in [1.807, 2.05) is 0 Å². The minimum Gasteiger partial charge on any atom is -0.395 e. The highest BCUT2D eigenvalue weighted by molar-refractivity contribution is 7.92. The molecule has 1 aromatic heterocycles. The van der Waals surface area contributed by atoms with Crippen LogP contribution in [0.3, 0.4) is 0 Å². The summed E-state index contributed by atoms with van der Waals surface area (Å²) in [4.78, 5) is 7.08. The van der Waals surface area contributed by atoms with Crippen molar-refractivity contribution >= 4 is 20.9 Å². The Bertz CT molecular complexity index is 644. The topological polar surface area (TPSA) is 83.0 Å². The number of aromatic nitrogens is 2. The number of sulfone groups is 1. The van der Waals surface area contributed by atoms with Crippen LogP contribution in [0.4, 0.5) is 0 Å². The number of aliphatic hydroxyl groups is 1. The lowest BCUT2D eigenvalue weighted by Gasteiger charge is -2.21. The highest BCUT2D eigenvalue weighted by atomic mass is 32.2. The molecule has 2 rings (SSSR count). The maximum atomic E-state index is 12.3. The number of fused-ring (bicyclic) bond motifs is 1. The molecule has 92 valence electrons. The normalized spacial score (nSPS) is 13.1. The number of imidazole rings is 1. The lowest BCUT2D eigenvalue weighted by Crippen LogP contribution is -2.35. The number of benzene rings is 1. The molecule has 0 radical (unpaired) electrons. The molecule has 6 heteroatoms. The van der Waals surface area contributed by atoms with Crippen LogP contribution in [0.25, 0.3) is 11.0 Å². The molecule has 0 unspecified atom stereocenters. The van der Waals surface area contributed by atoms with Crippen LogP contribution >= 0.6 is 0 Å². The summed E-state index contributed by atoms with van der Waals surface area (Å²) in [5.41, 5.74) is 1.38. The first-order chi connectivity index (χ1) is 7.88. The van der Waals surface area contributed by atoms with Crippen molar-refractivity contribution in [2.45, 2.75) is 23.5 Å². The van der Waals surface area contributed by atoms with Gasteiger partial charge in [0.25, 0.3) is 0 Å². The van der Waals surface area contributed by atoms with Crippen LogP contribution in [-0.4, -0.2) is 34.8 Å². The molecule has 2 aromatic rings. The van der Waals surface area contributed by atoms with Gasteiger partial charge in [-0.25, -0.2) is 13.4 Å². The Hall–Kier alpha value is -1.40. The van der Waals surface area contributed by atoms with E-state index in [-0.39, 0.29) is 4.90 Å². The summed E-state index contributed by atoms with van der Waals surface area (Å²) < 4.78 is 23.3. The predicted octanol–water partition coefficient (Wildman–Crippen LogP) is 1.11. The number of rotatable bonds is 3. The van der Waals surface area contributed by atoms with Crippen molar-refractivity contribution in [3.63, 3.8) is 0 Å². The Morgan fingerprint density at radius 2 is 2.12 bits per heavy atom. The van der Waals surface area contributed by atoms with Gasteiger partial charge in [0, 0.05) is 0 Å². The molecule has 0 saturated heterocycles. The molecule has 0 amide bonds. The fourth-order valence-electron chi connectivity index (χ4n) is 1.49. The average Bonchev–Trinajstić information content (AvgIpc) is 2.75. The predicted molar refractivity (Wildman–Crippen MR) is 64.4 cm³/mol. The van der Waals surface area contributed by atoms with Gasteiger partial charge in [-0.05, 0) is 32.0 Å². The summed E-state index contributed by atoms with van der Waals surface area (Å²) in [5.74, 6) is 0. The van der Waals surface area contributed by atoms with Crippen LogP contribution in [-0.2, 0) is 9.84 Å². The summed E-state index contributed by atoms with van der Waals surface area (Å²) in [6.07, 6.45) is 1.51. The monoisotopic (exact) mass is 254 g/mol. The van der Waals surface area contributed by atoms with E-state index in [0.717, 1.165) is 0 Å². The summed E-state index contributed by atoms with van der Waals surface area (Å²) in [6.45, 7) is 2.58. The second-order valence-electron chi connectivity index (χ2n) is 4.50. The van der Waals surface area contributed by atoms with Crippen LogP contribution in [0.1, 0.15) is 13.8 Å². The highest BCUT2D eigenvalue weighted by Gasteiger charge is 2.35. The van der Waals surface area contributed by atoms with Crippen molar-refractivity contribution in [1.29, 1.82) is 0 Å². The molecule has 0 saturated carbocycles. The molecule has 1 heterocycles. The Morgan fingerprint density at radius 3 is 2.76 bits per heavy atom. The first-order valence-corrected chi connectivity index (χ1v) is 6.65. The molecule has 0 aliphatic heterocycles. The highest BCUT2D eigenvalue weighted by Crippen LogP contribution is 2.26. The van der Waals surface area contributed by atoms with E-state index in [1.165, 1.54) is 32.3 Å². The molecule has 0 aliphatic rings. The van der Waals surface area contributed by atoms with Crippen molar-refractivity contribution in [1.82, 2.24) is 9.97 Å². The van der Waals surface area contributed by atoms with Gasteiger partial charge in [-0.1, -0.05) is 0 Å². The van der Waals surface area contributed by atoms with Gasteiger partial charge in [0.05, 0.1) is 33.6 Å². The Kier molecular flexibility index (Phi) is 2.71. The van der Waals surface area contributed by atoms with Crippen molar-refractivity contribution < 1.29 is 13.5 Å². The van der Waals surface area contributed by atoms with Gasteiger partial charge >= 0.3 is 0 Å². The maximum absolute atomic E-state index is 12.3. The van der Waals surface area contributed by atoms with Gasteiger partial charge in [-0.3, -0.25) is 0 Å². The Morgan fingerprint density at radius 1 is 1.41 bits per heavy atom. The molecule has 0 fully saturated rings. The van der Waals surface area contributed by atoms with Crippen LogP contribution in [0.5, 0.6) is 0 Å². The van der Waals surface area contributed by atoms with Gasteiger partial charge in [0.1, 0.15) is 0 Å². The molecule has 17 heavy (non-hydrogen) atoms. The van der Waals surface area contributed by atoms with E-state index < -0.39 is 21.2 Å². The minimum atomic E-state index is -3.56. The Labute approximate surface area is 99.4 Å². The number of hydrogen-bond donors (Lipinski definition) is 2. The van der Waals surface area contributed by atoms with E-state index in [2.05, 4.69) is 9.97 Å². The number of hydrogen-bond acceptors (Lipinski definition) is 4. The fraction of sp³-hybridized carbons (Fsp3) is 0.364. The van der Waals surface area contributed by atoms with Gasteiger partial charge < -0.3 is 10.1 Å². The molecular formula is C11H14N2O3S. The zero-order valence-electron chi connectivity index (χ0n) is 9.64. The molecule has 1 aromatic carbocycles. The summed E-state index contributed by atoms with van der Waals surface area (Å²) in [7, 11) is -3.56. The zero-order chi connectivity index (χ0) is 12.7. The molecule has 0 aliphatic carbocycles. The average molecular weight is 254 g/mol. The fourth-order valence-corrected chi connectivity index (χ4v) is 2.81. The first kappa shape index (κ1) is 12.1. The zero-order valence-corrected chi connectivity index (χ0v) is 10.5. The van der Waals surface area contributed by atoms with Gasteiger partial charge in [0.2, 0.25) is 0 Å². The van der Waals surface area contributed by atoms with E-state index in [9.17, 15) is 8.42 Å². The molecule has 0 atom stereocenters. The van der Waals surface area contributed by atoms with E-state index >= 15 is 0 Å². The van der Waals surface area contributed by atoms with E-state index in [1.54, 1.807) is 6.07 Å². The molecule has 0 bridgehead atoms. The number of nitrogens with zero attached hydrogens (tertiary/aromatic N) is 1. The maximum Gasteiger partial charge on any atom is 0.185 e. The third-order valence-electron chi connectivity index (χ3n) is 2.81. The summed E-state index contributed by atoms with van der Waals surface area (Å²) >= 11 is 0. The third kappa shape index (κ3) is 1.83. The van der Waals surface area contributed by atoms with Crippen molar-refractivity contribution in [3.8, 4) is 0 Å². The standard InChI is InChI=1S/C11H14N2O3S/c1-11(2,6-14)17(15,16)8-3-4-9-10(5-8)13-7-12-9/h3-5,7,14H,6H2,1-2H3,(H,12,13). The summed E-state index contributed by atoms with van der Waals surface area (Å²) in [5, 5.41) is 9.16. The molecular weight excluding hydrogens is 240 g/mol. The van der Waals surface area contributed by atoms with Crippen molar-refractivity contribution in [2.75, 3.05) is 6.61 Å². The second-order valence-corrected chi connectivity index (χ2v) is 7.09. The number of nitrogens with one attached hydrogen (secondary N) is 1. The van der Waals surface area contributed by atoms with E-state index in [4.69, 9.17) is 5.11 Å².